The normalized spacial score (nSPS) is 18.7. The molecule has 15 heavy (non-hydrogen) atoms. The largest absolute Gasteiger partial charge is 0.395 e. The number of hydrogen-bond acceptors (Lipinski definition) is 3. The van der Waals surface area contributed by atoms with Crippen molar-refractivity contribution in [2.45, 2.75) is 45.7 Å². The molecule has 1 atom stereocenters. The van der Waals surface area contributed by atoms with Crippen LogP contribution in [0, 0.1) is 5.41 Å². The van der Waals surface area contributed by atoms with Gasteiger partial charge in [-0.15, -0.1) is 0 Å². The highest BCUT2D eigenvalue weighted by Crippen LogP contribution is 2.29. The first-order valence-electron chi connectivity index (χ1n) is 5.55. The lowest BCUT2D eigenvalue weighted by atomic mass is 9.86. The molecule has 1 amide bonds. The quantitative estimate of drug-likeness (QED) is 0.709. The Morgan fingerprint density at radius 1 is 1.53 bits per heavy atom. The average Bonchev–Trinajstić information content (AvgIpc) is 2.93. The van der Waals surface area contributed by atoms with Gasteiger partial charge in [-0.05, 0) is 18.3 Å². The number of aliphatic hydroxyl groups is 1. The smallest absolute Gasteiger partial charge is 0.240 e. The second-order valence-electron chi connectivity index (χ2n) is 5.33. The van der Waals surface area contributed by atoms with Gasteiger partial charge in [-0.3, -0.25) is 4.79 Å². The summed E-state index contributed by atoms with van der Waals surface area (Å²) in [4.78, 5) is 13.8. The summed E-state index contributed by atoms with van der Waals surface area (Å²) in [6, 6.07) is -0.164. The topological polar surface area (TPSA) is 66.6 Å². The molecule has 4 heteroatoms. The monoisotopic (exact) mass is 214 g/mol. The Bertz CT molecular complexity index is 231. The molecule has 1 fully saturated rings. The fraction of sp³-hybridized carbons (Fsp3) is 0.909. The van der Waals surface area contributed by atoms with Crippen molar-refractivity contribution in [3.8, 4) is 0 Å². The fourth-order valence-corrected chi connectivity index (χ4v) is 1.52. The molecular weight excluding hydrogens is 192 g/mol. The molecule has 0 aromatic carbocycles. The molecule has 0 aromatic heterocycles. The van der Waals surface area contributed by atoms with Gasteiger partial charge in [0, 0.05) is 12.6 Å². The first-order valence-corrected chi connectivity index (χ1v) is 5.55. The number of hydrogen-bond donors (Lipinski definition) is 2. The molecule has 1 aliphatic rings. The molecule has 0 unspecified atom stereocenters. The van der Waals surface area contributed by atoms with Gasteiger partial charge in [-0.2, -0.15) is 0 Å². The Morgan fingerprint density at radius 3 is 2.40 bits per heavy atom. The summed E-state index contributed by atoms with van der Waals surface area (Å²) in [6.45, 7) is 6.30. The van der Waals surface area contributed by atoms with Gasteiger partial charge >= 0.3 is 0 Å². The zero-order valence-electron chi connectivity index (χ0n) is 9.86. The molecule has 0 heterocycles. The van der Waals surface area contributed by atoms with E-state index in [0.29, 0.717) is 12.6 Å². The minimum atomic E-state index is -0.482. The van der Waals surface area contributed by atoms with E-state index in [2.05, 4.69) is 0 Å². The molecule has 4 nitrogen and oxygen atoms in total. The SMILES string of the molecule is CC(C)(C)[C@@H](N)C(=O)N(CCO)C1CC1. The van der Waals surface area contributed by atoms with E-state index in [4.69, 9.17) is 10.8 Å². The molecule has 88 valence electrons. The molecule has 0 aromatic rings. The maximum atomic E-state index is 12.1. The minimum Gasteiger partial charge on any atom is -0.395 e. The number of rotatable bonds is 4. The number of amides is 1. The van der Waals surface area contributed by atoms with Gasteiger partial charge in [0.1, 0.15) is 0 Å². The molecular formula is C11H22N2O2. The van der Waals surface area contributed by atoms with E-state index < -0.39 is 6.04 Å². The van der Waals surface area contributed by atoms with E-state index >= 15 is 0 Å². The van der Waals surface area contributed by atoms with Crippen molar-refractivity contribution in [1.29, 1.82) is 0 Å². The Balaban J connectivity index is 2.63. The second-order valence-corrected chi connectivity index (χ2v) is 5.33. The summed E-state index contributed by atoms with van der Waals surface area (Å²) in [7, 11) is 0. The Labute approximate surface area is 91.4 Å². The molecule has 0 spiro atoms. The molecule has 1 aliphatic carbocycles. The summed E-state index contributed by atoms with van der Waals surface area (Å²) in [5.74, 6) is -0.0287. The summed E-state index contributed by atoms with van der Waals surface area (Å²) >= 11 is 0. The summed E-state index contributed by atoms with van der Waals surface area (Å²) in [6.07, 6.45) is 2.09. The summed E-state index contributed by atoms with van der Waals surface area (Å²) in [5.41, 5.74) is 5.70. The summed E-state index contributed by atoms with van der Waals surface area (Å²) in [5, 5.41) is 8.91. The molecule has 0 saturated heterocycles. The maximum absolute atomic E-state index is 12.1. The van der Waals surface area contributed by atoms with Crippen molar-refractivity contribution in [2.24, 2.45) is 11.1 Å². The third kappa shape index (κ3) is 3.18. The van der Waals surface area contributed by atoms with Gasteiger partial charge in [-0.25, -0.2) is 0 Å². The van der Waals surface area contributed by atoms with E-state index in [0.717, 1.165) is 12.8 Å². The number of nitrogens with two attached hydrogens (primary N) is 1. The average molecular weight is 214 g/mol. The Hall–Kier alpha value is -0.610. The van der Waals surface area contributed by atoms with Crippen LogP contribution in [0.1, 0.15) is 33.6 Å². The third-order valence-electron chi connectivity index (χ3n) is 2.81. The third-order valence-corrected chi connectivity index (χ3v) is 2.81. The van der Waals surface area contributed by atoms with Crippen LogP contribution in [0.2, 0.25) is 0 Å². The van der Waals surface area contributed by atoms with Crippen LogP contribution < -0.4 is 5.73 Å². The molecule has 1 rings (SSSR count). The van der Waals surface area contributed by atoms with Gasteiger partial charge in [0.15, 0.2) is 0 Å². The highest BCUT2D eigenvalue weighted by molar-refractivity contribution is 5.83. The van der Waals surface area contributed by atoms with Crippen LogP contribution in [0.3, 0.4) is 0 Å². The van der Waals surface area contributed by atoms with Gasteiger partial charge in [0.05, 0.1) is 12.6 Å². The molecule has 0 aliphatic heterocycles. The lowest BCUT2D eigenvalue weighted by Crippen LogP contribution is -2.51. The van der Waals surface area contributed by atoms with Crippen molar-refractivity contribution in [1.82, 2.24) is 4.90 Å². The highest BCUT2D eigenvalue weighted by Gasteiger charge is 2.37. The molecule has 1 saturated carbocycles. The van der Waals surface area contributed by atoms with E-state index in [-0.39, 0.29) is 17.9 Å². The predicted molar refractivity (Wildman–Crippen MR) is 59.3 cm³/mol. The number of aliphatic hydroxyl groups excluding tert-OH is 1. The zero-order valence-corrected chi connectivity index (χ0v) is 9.86. The van der Waals surface area contributed by atoms with Gasteiger partial charge in [0.2, 0.25) is 5.91 Å². The molecule has 3 N–H and O–H groups in total. The molecule has 0 radical (unpaired) electrons. The van der Waals surface area contributed by atoms with Gasteiger partial charge in [0.25, 0.3) is 0 Å². The standard InChI is InChI=1S/C11H22N2O2/c1-11(2,3)9(12)10(15)13(6-7-14)8-4-5-8/h8-9,14H,4-7,12H2,1-3H3/t9-/m0/s1. The highest BCUT2D eigenvalue weighted by atomic mass is 16.3. The second kappa shape index (κ2) is 4.49. The Morgan fingerprint density at radius 2 is 2.07 bits per heavy atom. The van der Waals surface area contributed by atoms with Crippen molar-refractivity contribution in [3.05, 3.63) is 0 Å². The first kappa shape index (κ1) is 12.5. The van der Waals surface area contributed by atoms with Crippen LogP contribution in [0.25, 0.3) is 0 Å². The number of nitrogens with zero attached hydrogens (tertiary/aromatic N) is 1. The van der Waals surface area contributed by atoms with E-state index in [1.807, 2.05) is 20.8 Å². The van der Waals surface area contributed by atoms with Gasteiger partial charge in [-0.1, -0.05) is 20.8 Å². The van der Waals surface area contributed by atoms with E-state index in [1.165, 1.54) is 0 Å². The fourth-order valence-electron chi connectivity index (χ4n) is 1.52. The van der Waals surface area contributed by atoms with Crippen molar-refractivity contribution >= 4 is 5.91 Å². The van der Waals surface area contributed by atoms with Gasteiger partial charge < -0.3 is 15.7 Å². The van der Waals surface area contributed by atoms with Crippen molar-refractivity contribution < 1.29 is 9.90 Å². The number of carbonyl (C=O) groups excluding carboxylic acids is 1. The summed E-state index contributed by atoms with van der Waals surface area (Å²) < 4.78 is 0. The van der Waals surface area contributed by atoms with E-state index in [9.17, 15) is 4.79 Å². The minimum absolute atomic E-state index is 0.0130. The lowest BCUT2D eigenvalue weighted by molar-refractivity contribution is -0.136. The molecule has 0 bridgehead atoms. The zero-order chi connectivity index (χ0) is 11.6. The van der Waals surface area contributed by atoms with Crippen LogP contribution in [0.15, 0.2) is 0 Å². The predicted octanol–water partition coefficient (Wildman–Crippen LogP) is 0.343. The van der Waals surface area contributed by atoms with Crippen LogP contribution in [-0.2, 0) is 4.79 Å². The number of carbonyl (C=O) groups is 1. The van der Waals surface area contributed by atoms with E-state index in [1.54, 1.807) is 4.90 Å². The maximum Gasteiger partial charge on any atom is 0.240 e. The van der Waals surface area contributed by atoms with Crippen LogP contribution in [0.4, 0.5) is 0 Å². The lowest BCUT2D eigenvalue weighted by Gasteiger charge is -2.31. The van der Waals surface area contributed by atoms with Crippen LogP contribution >= 0.6 is 0 Å². The Kier molecular flexibility index (Phi) is 3.73. The first-order chi connectivity index (χ1) is 6.88. The van der Waals surface area contributed by atoms with Crippen molar-refractivity contribution in [2.75, 3.05) is 13.2 Å². The van der Waals surface area contributed by atoms with Crippen LogP contribution in [-0.4, -0.2) is 41.1 Å². The van der Waals surface area contributed by atoms with Crippen LogP contribution in [0.5, 0.6) is 0 Å². The van der Waals surface area contributed by atoms with Crippen molar-refractivity contribution in [3.63, 3.8) is 0 Å².